The summed E-state index contributed by atoms with van der Waals surface area (Å²) >= 11 is 0. The van der Waals surface area contributed by atoms with Gasteiger partial charge in [-0.1, -0.05) is 13.8 Å². The summed E-state index contributed by atoms with van der Waals surface area (Å²) in [4.78, 5) is 13.5. The van der Waals surface area contributed by atoms with Gasteiger partial charge in [0.1, 0.15) is 5.92 Å². The summed E-state index contributed by atoms with van der Waals surface area (Å²) in [5.74, 6) is -0.875. The van der Waals surface area contributed by atoms with Gasteiger partial charge in [-0.25, -0.2) is 8.42 Å². The lowest BCUT2D eigenvalue weighted by Crippen LogP contribution is -2.42. The highest BCUT2D eigenvalue weighted by atomic mass is 32.2. The number of carbonyl (C=O) groups excluding carboxylic acids is 1. The largest absolute Gasteiger partial charge is 0.341 e. The van der Waals surface area contributed by atoms with Gasteiger partial charge in [-0.2, -0.15) is 5.26 Å². The van der Waals surface area contributed by atoms with E-state index in [2.05, 4.69) is 0 Å². The molecule has 6 heteroatoms. The lowest BCUT2D eigenvalue weighted by atomic mass is 9.95. The fraction of sp³-hybridized carbons (Fsp3) is 0.818. The van der Waals surface area contributed by atoms with E-state index < -0.39 is 15.8 Å². The van der Waals surface area contributed by atoms with Gasteiger partial charge >= 0.3 is 0 Å². The van der Waals surface area contributed by atoms with E-state index in [1.807, 2.05) is 19.9 Å². The molecule has 0 spiro atoms. The lowest BCUT2D eigenvalue weighted by Gasteiger charge is -2.26. The van der Waals surface area contributed by atoms with Crippen molar-refractivity contribution in [3.8, 4) is 6.07 Å². The molecule has 2 unspecified atom stereocenters. The van der Waals surface area contributed by atoms with Crippen molar-refractivity contribution in [1.29, 1.82) is 5.26 Å². The van der Waals surface area contributed by atoms with E-state index in [9.17, 15) is 13.2 Å². The van der Waals surface area contributed by atoms with Gasteiger partial charge in [0.05, 0.1) is 17.6 Å². The third-order valence-electron chi connectivity index (χ3n) is 3.18. The molecule has 17 heavy (non-hydrogen) atoms. The summed E-state index contributed by atoms with van der Waals surface area (Å²) in [5.41, 5.74) is 0. The van der Waals surface area contributed by atoms with Crippen LogP contribution in [0.2, 0.25) is 0 Å². The van der Waals surface area contributed by atoms with Crippen LogP contribution in [0.25, 0.3) is 0 Å². The quantitative estimate of drug-likeness (QED) is 0.735. The smallest absolute Gasteiger partial charge is 0.240 e. The summed E-state index contributed by atoms with van der Waals surface area (Å²) in [6.07, 6.45) is 0.473. The minimum absolute atomic E-state index is 0.0193. The van der Waals surface area contributed by atoms with Crippen LogP contribution in [-0.2, 0) is 14.6 Å². The second-order valence-corrected chi connectivity index (χ2v) is 7.09. The van der Waals surface area contributed by atoms with Gasteiger partial charge in [0.2, 0.25) is 5.91 Å². The Kier molecular flexibility index (Phi) is 4.15. The third-order valence-corrected chi connectivity index (χ3v) is 4.93. The van der Waals surface area contributed by atoms with Crippen LogP contribution in [0.3, 0.4) is 0 Å². The first kappa shape index (κ1) is 14.0. The standard InChI is InChI=1S/C11H18N2O3S/c1-8(2)10(6-12)11(14)13(3)9-4-5-17(15,16)7-9/h8-10H,4-5,7H2,1-3H3. The number of hydrogen-bond acceptors (Lipinski definition) is 4. The number of nitriles is 1. The molecule has 1 aliphatic heterocycles. The summed E-state index contributed by atoms with van der Waals surface area (Å²) in [6.45, 7) is 3.62. The molecule has 0 saturated carbocycles. The molecule has 1 rings (SSSR count). The van der Waals surface area contributed by atoms with Crippen molar-refractivity contribution in [3.63, 3.8) is 0 Å². The Hall–Kier alpha value is -1.09. The van der Waals surface area contributed by atoms with Crippen LogP contribution in [-0.4, -0.2) is 43.8 Å². The molecule has 0 aromatic rings. The number of rotatable bonds is 3. The Morgan fingerprint density at radius 2 is 2.06 bits per heavy atom. The van der Waals surface area contributed by atoms with Crippen LogP contribution >= 0.6 is 0 Å². The van der Waals surface area contributed by atoms with Crippen molar-refractivity contribution in [2.45, 2.75) is 26.3 Å². The summed E-state index contributed by atoms with van der Waals surface area (Å²) in [7, 11) is -1.42. The second-order valence-electron chi connectivity index (χ2n) is 4.86. The topological polar surface area (TPSA) is 78.2 Å². The molecule has 0 radical (unpaired) electrons. The Balaban J connectivity index is 2.75. The van der Waals surface area contributed by atoms with Crippen molar-refractivity contribution < 1.29 is 13.2 Å². The van der Waals surface area contributed by atoms with E-state index in [4.69, 9.17) is 5.26 Å². The molecular formula is C11H18N2O3S. The highest BCUT2D eigenvalue weighted by Crippen LogP contribution is 2.20. The molecule has 2 atom stereocenters. The van der Waals surface area contributed by atoms with Gasteiger partial charge in [-0.15, -0.1) is 0 Å². The van der Waals surface area contributed by atoms with Crippen molar-refractivity contribution >= 4 is 15.7 Å². The number of hydrogen-bond donors (Lipinski definition) is 0. The lowest BCUT2D eigenvalue weighted by molar-refractivity contribution is -0.135. The first-order valence-corrected chi connectivity index (χ1v) is 7.47. The summed E-state index contributed by atoms with van der Waals surface area (Å²) in [5, 5.41) is 8.95. The molecule has 96 valence electrons. The molecule has 5 nitrogen and oxygen atoms in total. The van der Waals surface area contributed by atoms with Crippen molar-refractivity contribution in [3.05, 3.63) is 0 Å². The van der Waals surface area contributed by atoms with Crippen LogP contribution in [0.4, 0.5) is 0 Å². The van der Waals surface area contributed by atoms with Crippen molar-refractivity contribution in [2.75, 3.05) is 18.6 Å². The highest BCUT2D eigenvalue weighted by Gasteiger charge is 2.35. The molecule has 0 aromatic carbocycles. The second kappa shape index (κ2) is 5.05. The number of amides is 1. The van der Waals surface area contributed by atoms with Gasteiger partial charge in [0.25, 0.3) is 0 Å². The molecule has 0 bridgehead atoms. The van der Waals surface area contributed by atoms with Crippen LogP contribution in [0.15, 0.2) is 0 Å². The number of carbonyl (C=O) groups is 1. The molecule has 0 N–H and O–H groups in total. The van der Waals surface area contributed by atoms with Crippen LogP contribution in [0.5, 0.6) is 0 Å². The monoisotopic (exact) mass is 258 g/mol. The van der Waals surface area contributed by atoms with Crippen molar-refractivity contribution in [1.82, 2.24) is 4.90 Å². The molecular weight excluding hydrogens is 240 g/mol. The van der Waals surface area contributed by atoms with Gasteiger partial charge in [0, 0.05) is 13.1 Å². The van der Waals surface area contributed by atoms with Crippen LogP contribution < -0.4 is 0 Å². The van der Waals surface area contributed by atoms with Crippen LogP contribution in [0.1, 0.15) is 20.3 Å². The fourth-order valence-corrected chi connectivity index (χ4v) is 3.74. The molecule has 1 fully saturated rings. The maximum Gasteiger partial charge on any atom is 0.240 e. The predicted octanol–water partition coefficient (Wildman–Crippen LogP) is 0.428. The Labute approximate surface area is 102 Å². The van der Waals surface area contributed by atoms with E-state index in [0.717, 1.165) is 0 Å². The SMILES string of the molecule is CC(C)C(C#N)C(=O)N(C)C1CCS(=O)(=O)C1. The minimum atomic E-state index is -3.00. The predicted molar refractivity (Wildman–Crippen MR) is 63.8 cm³/mol. The van der Waals surface area contributed by atoms with E-state index in [1.165, 1.54) is 4.90 Å². The fourth-order valence-electron chi connectivity index (χ4n) is 1.97. The summed E-state index contributed by atoms with van der Waals surface area (Å²) < 4.78 is 22.7. The normalized spacial score (nSPS) is 24.3. The maximum absolute atomic E-state index is 12.0. The zero-order valence-corrected chi connectivity index (χ0v) is 11.2. The maximum atomic E-state index is 12.0. The van der Waals surface area contributed by atoms with E-state index in [0.29, 0.717) is 6.42 Å². The van der Waals surface area contributed by atoms with Gasteiger partial charge in [-0.05, 0) is 12.3 Å². The first-order chi connectivity index (χ1) is 7.78. The molecule has 1 amide bonds. The number of nitrogens with zero attached hydrogens (tertiary/aromatic N) is 2. The molecule has 1 heterocycles. The van der Waals surface area contributed by atoms with E-state index in [1.54, 1.807) is 7.05 Å². The average molecular weight is 258 g/mol. The summed E-state index contributed by atoms with van der Waals surface area (Å²) in [6, 6.07) is 1.71. The van der Waals surface area contributed by atoms with E-state index in [-0.39, 0.29) is 29.4 Å². The number of sulfone groups is 1. The minimum Gasteiger partial charge on any atom is -0.341 e. The zero-order chi connectivity index (χ0) is 13.2. The molecule has 1 saturated heterocycles. The van der Waals surface area contributed by atoms with Gasteiger partial charge in [-0.3, -0.25) is 4.79 Å². The average Bonchev–Trinajstić information content (AvgIpc) is 2.58. The molecule has 0 aliphatic carbocycles. The van der Waals surface area contributed by atoms with Crippen molar-refractivity contribution in [2.24, 2.45) is 11.8 Å². The van der Waals surface area contributed by atoms with Gasteiger partial charge < -0.3 is 4.90 Å². The Morgan fingerprint density at radius 3 is 2.41 bits per heavy atom. The Bertz CT molecular complexity index is 436. The van der Waals surface area contributed by atoms with Crippen LogP contribution in [0, 0.1) is 23.2 Å². The zero-order valence-electron chi connectivity index (χ0n) is 10.4. The molecule has 0 aromatic heterocycles. The first-order valence-electron chi connectivity index (χ1n) is 5.65. The highest BCUT2D eigenvalue weighted by molar-refractivity contribution is 7.91. The van der Waals surface area contributed by atoms with Gasteiger partial charge in [0.15, 0.2) is 9.84 Å². The molecule has 1 aliphatic rings. The third kappa shape index (κ3) is 3.19. The Morgan fingerprint density at radius 1 is 1.47 bits per heavy atom. The van der Waals surface area contributed by atoms with E-state index >= 15 is 0 Å².